The van der Waals surface area contributed by atoms with Crippen LogP contribution in [-0.2, 0) is 0 Å². The molecule has 0 fully saturated rings. The molecule has 3 heterocycles. The molecular formula is C11H5Cl2N3O3S. The smallest absolute Gasteiger partial charge is 0.322 e. The minimum Gasteiger partial charge on any atom is -0.459 e. The lowest BCUT2D eigenvalue weighted by Gasteiger charge is -1.95. The number of aromatic nitrogens is 2. The number of carbonyl (C=O) groups excluding carboxylic acids is 1. The Hall–Kier alpha value is -1.83. The van der Waals surface area contributed by atoms with Gasteiger partial charge in [-0.05, 0) is 18.2 Å². The maximum Gasteiger partial charge on any atom is 0.322 e. The summed E-state index contributed by atoms with van der Waals surface area (Å²) in [5.74, 6) is -0.172. The quantitative estimate of drug-likeness (QED) is 0.786. The van der Waals surface area contributed by atoms with Gasteiger partial charge in [0.15, 0.2) is 5.76 Å². The summed E-state index contributed by atoms with van der Waals surface area (Å²) < 4.78 is 11.2. The molecule has 1 N–H and O–H groups in total. The number of carbonyl (C=O) groups is 1. The Bertz CT molecular complexity index is 751. The van der Waals surface area contributed by atoms with Gasteiger partial charge in [0.2, 0.25) is 0 Å². The molecule has 0 radical (unpaired) electrons. The lowest BCUT2D eigenvalue weighted by atomic mass is 10.3. The Labute approximate surface area is 126 Å². The van der Waals surface area contributed by atoms with Crippen molar-refractivity contribution < 1.29 is 13.6 Å². The van der Waals surface area contributed by atoms with Crippen molar-refractivity contribution in [1.29, 1.82) is 0 Å². The van der Waals surface area contributed by atoms with Crippen LogP contribution in [0.15, 0.2) is 33.3 Å². The van der Waals surface area contributed by atoms with Crippen molar-refractivity contribution in [2.75, 3.05) is 5.32 Å². The van der Waals surface area contributed by atoms with E-state index in [-0.39, 0.29) is 17.7 Å². The molecule has 0 aliphatic heterocycles. The van der Waals surface area contributed by atoms with E-state index in [9.17, 15) is 4.79 Å². The van der Waals surface area contributed by atoms with Crippen LogP contribution in [0.4, 0.5) is 6.01 Å². The summed E-state index contributed by atoms with van der Waals surface area (Å²) in [4.78, 5) is 11.7. The number of anilines is 1. The first-order valence-corrected chi connectivity index (χ1v) is 6.84. The molecular weight excluding hydrogens is 325 g/mol. The highest BCUT2D eigenvalue weighted by molar-refractivity contribution is 7.20. The molecule has 0 bridgehead atoms. The van der Waals surface area contributed by atoms with Crippen molar-refractivity contribution in [1.82, 2.24) is 10.2 Å². The lowest BCUT2D eigenvalue weighted by molar-refractivity contribution is 0.0994. The van der Waals surface area contributed by atoms with Crippen molar-refractivity contribution in [3.05, 3.63) is 38.9 Å². The Kier molecular flexibility index (Phi) is 3.47. The van der Waals surface area contributed by atoms with Gasteiger partial charge in [0.1, 0.15) is 4.34 Å². The second-order valence-electron chi connectivity index (χ2n) is 3.58. The van der Waals surface area contributed by atoms with Crippen LogP contribution in [0.2, 0.25) is 8.67 Å². The Morgan fingerprint density at radius 1 is 1.35 bits per heavy atom. The van der Waals surface area contributed by atoms with Crippen LogP contribution in [0.3, 0.4) is 0 Å². The molecule has 1 amide bonds. The normalized spacial score (nSPS) is 10.7. The molecule has 0 aliphatic rings. The number of furan rings is 1. The van der Waals surface area contributed by atoms with Crippen molar-refractivity contribution in [3.63, 3.8) is 0 Å². The fourth-order valence-electron chi connectivity index (χ4n) is 1.44. The van der Waals surface area contributed by atoms with Gasteiger partial charge in [0, 0.05) is 0 Å². The molecule has 3 rings (SSSR count). The first-order chi connectivity index (χ1) is 9.63. The average Bonchev–Trinajstić information content (AvgIpc) is 3.10. The maximum atomic E-state index is 11.7. The summed E-state index contributed by atoms with van der Waals surface area (Å²) in [6, 6.07) is 4.67. The Morgan fingerprint density at radius 2 is 2.20 bits per heavy atom. The summed E-state index contributed by atoms with van der Waals surface area (Å²) in [5, 5.41) is 9.92. The summed E-state index contributed by atoms with van der Waals surface area (Å²) in [6.45, 7) is 0. The highest BCUT2D eigenvalue weighted by atomic mass is 35.5. The lowest BCUT2D eigenvalue weighted by Crippen LogP contribution is -2.10. The van der Waals surface area contributed by atoms with Gasteiger partial charge in [-0.1, -0.05) is 28.3 Å². The van der Waals surface area contributed by atoms with Crippen molar-refractivity contribution in [3.8, 4) is 11.5 Å². The third kappa shape index (κ3) is 2.55. The number of hydrogen-bond acceptors (Lipinski definition) is 6. The molecule has 0 spiro atoms. The van der Waals surface area contributed by atoms with Crippen molar-refractivity contribution in [2.45, 2.75) is 0 Å². The average molecular weight is 330 g/mol. The van der Waals surface area contributed by atoms with Crippen LogP contribution in [0, 0.1) is 0 Å². The van der Waals surface area contributed by atoms with E-state index in [4.69, 9.17) is 32.0 Å². The van der Waals surface area contributed by atoms with E-state index in [1.165, 1.54) is 23.7 Å². The number of amides is 1. The monoisotopic (exact) mass is 329 g/mol. The van der Waals surface area contributed by atoms with Crippen LogP contribution < -0.4 is 5.32 Å². The number of halogens is 2. The van der Waals surface area contributed by atoms with Crippen molar-refractivity contribution in [2.24, 2.45) is 0 Å². The van der Waals surface area contributed by atoms with Gasteiger partial charge in [-0.2, -0.15) is 0 Å². The van der Waals surface area contributed by atoms with Gasteiger partial charge < -0.3 is 8.83 Å². The molecule has 0 unspecified atom stereocenters. The third-order valence-electron chi connectivity index (χ3n) is 2.28. The molecule has 0 saturated carbocycles. The maximum absolute atomic E-state index is 11.7. The van der Waals surface area contributed by atoms with E-state index in [1.807, 2.05) is 0 Å². The number of nitrogens with zero attached hydrogens (tertiary/aromatic N) is 2. The largest absolute Gasteiger partial charge is 0.459 e. The predicted molar refractivity (Wildman–Crippen MR) is 74.3 cm³/mol. The molecule has 6 nitrogen and oxygen atoms in total. The van der Waals surface area contributed by atoms with E-state index in [2.05, 4.69) is 15.5 Å². The van der Waals surface area contributed by atoms with E-state index >= 15 is 0 Å². The van der Waals surface area contributed by atoms with E-state index in [0.717, 1.165) is 0 Å². The number of hydrogen-bond donors (Lipinski definition) is 1. The van der Waals surface area contributed by atoms with Crippen LogP contribution >= 0.6 is 34.5 Å². The Morgan fingerprint density at radius 3 is 2.85 bits per heavy atom. The molecule has 3 aromatic rings. The Balaban J connectivity index is 1.81. The van der Waals surface area contributed by atoms with Gasteiger partial charge in [-0.3, -0.25) is 10.1 Å². The standard InChI is InChI=1S/C11H5Cl2N3O3S/c12-7-4-5(8(13)20-7)10-15-16-11(19-10)14-9(17)6-2-1-3-18-6/h1-4H,(H,14,16,17). The molecule has 0 atom stereocenters. The zero-order valence-electron chi connectivity index (χ0n) is 9.59. The van der Waals surface area contributed by atoms with Crippen molar-refractivity contribution >= 4 is 46.5 Å². The summed E-state index contributed by atoms with van der Waals surface area (Å²) in [6.07, 6.45) is 1.39. The van der Waals surface area contributed by atoms with E-state index < -0.39 is 5.91 Å². The minimum atomic E-state index is -0.486. The summed E-state index contributed by atoms with van der Waals surface area (Å²) in [5.41, 5.74) is 0.521. The van der Waals surface area contributed by atoms with Gasteiger partial charge in [-0.15, -0.1) is 16.4 Å². The summed E-state index contributed by atoms with van der Waals surface area (Å²) >= 11 is 13.0. The first kappa shape index (κ1) is 13.2. The molecule has 9 heteroatoms. The van der Waals surface area contributed by atoms with Gasteiger partial charge in [0.05, 0.1) is 16.2 Å². The molecule has 102 valence electrons. The number of nitrogens with one attached hydrogen (secondary N) is 1. The number of rotatable bonds is 3. The second-order valence-corrected chi connectivity index (χ2v) is 5.87. The summed E-state index contributed by atoms with van der Waals surface area (Å²) in [7, 11) is 0. The fourth-order valence-corrected chi connectivity index (χ4v) is 2.88. The number of thiophene rings is 1. The van der Waals surface area contributed by atoms with Gasteiger partial charge in [-0.25, -0.2) is 0 Å². The zero-order chi connectivity index (χ0) is 14.1. The zero-order valence-corrected chi connectivity index (χ0v) is 11.9. The topological polar surface area (TPSA) is 81.2 Å². The molecule has 20 heavy (non-hydrogen) atoms. The molecule has 0 aromatic carbocycles. The van der Waals surface area contributed by atoms with Crippen LogP contribution in [-0.4, -0.2) is 16.1 Å². The second kappa shape index (κ2) is 5.28. The third-order valence-corrected chi connectivity index (χ3v) is 3.77. The molecule has 3 aromatic heterocycles. The fraction of sp³-hybridized carbons (Fsp3) is 0. The van der Waals surface area contributed by atoms with Crippen LogP contribution in [0.5, 0.6) is 0 Å². The van der Waals surface area contributed by atoms with E-state index in [1.54, 1.807) is 12.1 Å². The van der Waals surface area contributed by atoms with Gasteiger partial charge in [0.25, 0.3) is 11.8 Å². The first-order valence-electron chi connectivity index (χ1n) is 5.27. The SMILES string of the molecule is O=C(Nc1nnc(-c2cc(Cl)sc2Cl)o1)c1ccco1. The van der Waals surface area contributed by atoms with E-state index in [0.29, 0.717) is 14.2 Å². The molecule has 0 aliphatic carbocycles. The predicted octanol–water partition coefficient (Wildman–Crippen LogP) is 3.95. The van der Waals surface area contributed by atoms with Gasteiger partial charge >= 0.3 is 6.01 Å². The molecule has 0 saturated heterocycles. The highest BCUT2D eigenvalue weighted by Crippen LogP contribution is 2.37. The minimum absolute atomic E-state index is 0.0558. The van der Waals surface area contributed by atoms with Crippen LogP contribution in [0.1, 0.15) is 10.6 Å². The highest BCUT2D eigenvalue weighted by Gasteiger charge is 2.17. The van der Waals surface area contributed by atoms with Crippen LogP contribution in [0.25, 0.3) is 11.5 Å².